The number of rotatable bonds is 8. The molecule has 2 N–H and O–H groups in total. The summed E-state index contributed by atoms with van der Waals surface area (Å²) in [4.78, 5) is 12.8. The third-order valence-electron chi connectivity index (χ3n) is 4.56. The molecule has 6 nitrogen and oxygen atoms in total. The first kappa shape index (κ1) is 22.5. The van der Waals surface area contributed by atoms with Gasteiger partial charge in [-0.3, -0.25) is 4.79 Å². The summed E-state index contributed by atoms with van der Waals surface area (Å²) in [5.41, 5.74) is 2.42. The summed E-state index contributed by atoms with van der Waals surface area (Å²) in [6, 6.07) is 20.8. The van der Waals surface area contributed by atoms with Crippen LogP contribution in [0.4, 0.5) is 5.69 Å². The van der Waals surface area contributed by atoms with E-state index in [0.717, 1.165) is 5.56 Å². The van der Waals surface area contributed by atoms with Gasteiger partial charge in [0.25, 0.3) is 5.91 Å². The van der Waals surface area contributed by atoms with Crippen molar-refractivity contribution in [3.63, 3.8) is 0 Å². The predicted octanol–water partition coefficient (Wildman–Crippen LogP) is 4.51. The molecular formula is C24H26N2O4S. The minimum absolute atomic E-state index is 0.0415. The number of carbonyl (C=O) groups excluding carboxylic acids is 1. The third kappa shape index (κ3) is 6.16. The van der Waals surface area contributed by atoms with Crippen molar-refractivity contribution in [3.8, 4) is 5.75 Å². The number of hydrogen-bond acceptors (Lipinski definition) is 4. The molecule has 0 aliphatic rings. The molecule has 0 bridgehead atoms. The number of sulfonamides is 1. The Hall–Kier alpha value is -3.16. The van der Waals surface area contributed by atoms with E-state index in [2.05, 4.69) is 10.0 Å². The standard InChI is InChI=1S/C24H26N2O4S/c1-17(2)30-21-12-10-20(11-13-21)26-24(27)23-15-22(14-9-18(23)3)31(28,29)25-16-19-7-5-4-6-8-19/h4-15,17,25H,16H2,1-3H3,(H,26,27). The Balaban J connectivity index is 1.74. The molecule has 0 saturated heterocycles. The molecule has 0 fully saturated rings. The average molecular weight is 439 g/mol. The second-order valence-corrected chi connectivity index (χ2v) is 9.20. The van der Waals surface area contributed by atoms with Crippen LogP contribution in [0.25, 0.3) is 0 Å². The van der Waals surface area contributed by atoms with Gasteiger partial charge in [-0.1, -0.05) is 36.4 Å². The number of aryl methyl sites for hydroxylation is 1. The van der Waals surface area contributed by atoms with Crippen molar-refractivity contribution < 1.29 is 17.9 Å². The van der Waals surface area contributed by atoms with Crippen LogP contribution in [0.5, 0.6) is 5.75 Å². The van der Waals surface area contributed by atoms with Gasteiger partial charge in [0.05, 0.1) is 11.0 Å². The molecule has 162 valence electrons. The molecule has 3 aromatic rings. The lowest BCUT2D eigenvalue weighted by Crippen LogP contribution is -2.24. The maximum Gasteiger partial charge on any atom is 0.255 e. The lowest BCUT2D eigenvalue weighted by Gasteiger charge is -2.12. The number of carbonyl (C=O) groups is 1. The Bertz CT molecular complexity index is 1140. The molecule has 0 heterocycles. The fraction of sp³-hybridized carbons (Fsp3) is 0.208. The van der Waals surface area contributed by atoms with Gasteiger partial charge in [-0.05, 0) is 68.3 Å². The van der Waals surface area contributed by atoms with E-state index in [1.807, 2.05) is 44.2 Å². The van der Waals surface area contributed by atoms with Crippen LogP contribution >= 0.6 is 0 Å². The Kier molecular flexibility index (Phi) is 7.09. The van der Waals surface area contributed by atoms with Crippen LogP contribution in [0.3, 0.4) is 0 Å². The fourth-order valence-electron chi connectivity index (χ4n) is 2.96. The third-order valence-corrected chi connectivity index (χ3v) is 5.96. The first-order chi connectivity index (χ1) is 14.7. The topological polar surface area (TPSA) is 84.5 Å². The Morgan fingerprint density at radius 3 is 2.29 bits per heavy atom. The molecule has 7 heteroatoms. The van der Waals surface area contributed by atoms with Gasteiger partial charge in [-0.2, -0.15) is 0 Å². The van der Waals surface area contributed by atoms with Crippen molar-refractivity contribution in [2.45, 2.75) is 38.3 Å². The number of benzene rings is 3. The van der Waals surface area contributed by atoms with Gasteiger partial charge in [-0.25, -0.2) is 13.1 Å². The van der Waals surface area contributed by atoms with E-state index in [-0.39, 0.29) is 23.5 Å². The zero-order valence-corrected chi connectivity index (χ0v) is 18.6. The van der Waals surface area contributed by atoms with Crippen LogP contribution < -0.4 is 14.8 Å². The van der Waals surface area contributed by atoms with Gasteiger partial charge in [0.2, 0.25) is 10.0 Å². The summed E-state index contributed by atoms with van der Waals surface area (Å²) in [5.74, 6) is 0.330. The molecule has 0 saturated carbocycles. The van der Waals surface area contributed by atoms with E-state index in [9.17, 15) is 13.2 Å². The fourth-order valence-corrected chi connectivity index (χ4v) is 4.00. The normalized spacial score (nSPS) is 11.4. The summed E-state index contributed by atoms with van der Waals surface area (Å²) in [6.45, 7) is 5.81. The SMILES string of the molecule is Cc1ccc(S(=O)(=O)NCc2ccccc2)cc1C(=O)Nc1ccc(OC(C)C)cc1. The molecule has 0 unspecified atom stereocenters. The van der Waals surface area contributed by atoms with Crippen LogP contribution in [0.1, 0.15) is 35.3 Å². The molecular weight excluding hydrogens is 412 g/mol. The van der Waals surface area contributed by atoms with Crippen LogP contribution in [0.2, 0.25) is 0 Å². The van der Waals surface area contributed by atoms with E-state index in [1.165, 1.54) is 12.1 Å². The predicted molar refractivity (Wildman–Crippen MR) is 122 cm³/mol. The van der Waals surface area contributed by atoms with Crippen LogP contribution in [-0.2, 0) is 16.6 Å². The smallest absolute Gasteiger partial charge is 0.255 e. The number of anilines is 1. The Morgan fingerprint density at radius 1 is 0.968 bits per heavy atom. The van der Waals surface area contributed by atoms with Crippen LogP contribution in [-0.4, -0.2) is 20.4 Å². The maximum absolute atomic E-state index is 12.8. The van der Waals surface area contributed by atoms with E-state index in [1.54, 1.807) is 37.3 Å². The van der Waals surface area contributed by atoms with Crippen molar-refractivity contribution in [3.05, 3.63) is 89.5 Å². The van der Waals surface area contributed by atoms with Gasteiger partial charge in [0, 0.05) is 17.8 Å². The molecule has 0 aliphatic carbocycles. The molecule has 0 atom stereocenters. The first-order valence-electron chi connectivity index (χ1n) is 9.97. The summed E-state index contributed by atoms with van der Waals surface area (Å²) in [7, 11) is -3.77. The zero-order chi connectivity index (χ0) is 22.4. The number of amides is 1. The van der Waals surface area contributed by atoms with Crippen LogP contribution in [0, 0.1) is 6.92 Å². The highest BCUT2D eigenvalue weighted by Crippen LogP contribution is 2.20. The van der Waals surface area contributed by atoms with Crippen molar-refractivity contribution in [1.29, 1.82) is 0 Å². The number of nitrogens with one attached hydrogen (secondary N) is 2. The lowest BCUT2D eigenvalue weighted by molar-refractivity contribution is 0.102. The van der Waals surface area contributed by atoms with Crippen molar-refractivity contribution in [2.24, 2.45) is 0 Å². The highest BCUT2D eigenvalue weighted by Gasteiger charge is 2.18. The molecule has 0 radical (unpaired) electrons. The number of ether oxygens (including phenoxy) is 1. The number of hydrogen-bond donors (Lipinski definition) is 2. The second-order valence-electron chi connectivity index (χ2n) is 7.43. The van der Waals surface area contributed by atoms with Gasteiger partial charge >= 0.3 is 0 Å². The highest BCUT2D eigenvalue weighted by atomic mass is 32.2. The first-order valence-corrected chi connectivity index (χ1v) is 11.5. The summed E-state index contributed by atoms with van der Waals surface area (Å²) >= 11 is 0. The van der Waals surface area contributed by atoms with Gasteiger partial charge in [0.1, 0.15) is 5.75 Å². The molecule has 3 aromatic carbocycles. The van der Waals surface area contributed by atoms with Gasteiger partial charge in [-0.15, -0.1) is 0 Å². The molecule has 0 aromatic heterocycles. The highest BCUT2D eigenvalue weighted by molar-refractivity contribution is 7.89. The Morgan fingerprint density at radius 2 is 1.65 bits per heavy atom. The van der Waals surface area contributed by atoms with Crippen LogP contribution in [0.15, 0.2) is 77.7 Å². The minimum Gasteiger partial charge on any atom is -0.491 e. The molecule has 1 amide bonds. The molecule has 31 heavy (non-hydrogen) atoms. The van der Waals surface area contributed by atoms with Crippen molar-refractivity contribution in [1.82, 2.24) is 4.72 Å². The van der Waals surface area contributed by atoms with Crippen molar-refractivity contribution >= 4 is 21.6 Å². The molecule has 0 aliphatic heterocycles. The summed E-state index contributed by atoms with van der Waals surface area (Å²) < 4.78 is 33.6. The van der Waals surface area contributed by atoms with E-state index >= 15 is 0 Å². The zero-order valence-electron chi connectivity index (χ0n) is 17.8. The quantitative estimate of drug-likeness (QED) is 0.542. The van der Waals surface area contributed by atoms with Crippen molar-refractivity contribution in [2.75, 3.05) is 5.32 Å². The maximum atomic E-state index is 12.8. The molecule has 3 rings (SSSR count). The van der Waals surface area contributed by atoms with Gasteiger partial charge < -0.3 is 10.1 Å². The summed E-state index contributed by atoms with van der Waals surface area (Å²) in [5, 5.41) is 2.81. The average Bonchev–Trinajstić information content (AvgIpc) is 2.74. The minimum atomic E-state index is -3.77. The van der Waals surface area contributed by atoms with E-state index < -0.39 is 10.0 Å². The second kappa shape index (κ2) is 9.76. The molecule has 0 spiro atoms. The largest absolute Gasteiger partial charge is 0.491 e. The van der Waals surface area contributed by atoms with Gasteiger partial charge in [0.15, 0.2) is 0 Å². The lowest BCUT2D eigenvalue weighted by atomic mass is 10.1. The summed E-state index contributed by atoms with van der Waals surface area (Å²) in [6.07, 6.45) is 0.0586. The van der Waals surface area contributed by atoms with E-state index in [4.69, 9.17) is 4.74 Å². The monoisotopic (exact) mass is 438 g/mol. The van der Waals surface area contributed by atoms with E-state index in [0.29, 0.717) is 22.6 Å². The Labute approximate surface area is 183 Å².